The second-order valence-corrected chi connectivity index (χ2v) is 3.13. The quantitative estimate of drug-likeness (QED) is 0.218. The Kier molecular flexibility index (Phi) is 3.13. The molecule has 5 heteroatoms. The van der Waals surface area contributed by atoms with E-state index in [1.165, 1.54) is 4.90 Å². The Morgan fingerprint density at radius 1 is 1.64 bits per heavy atom. The molecule has 0 atom stereocenters. The van der Waals surface area contributed by atoms with Crippen molar-refractivity contribution in [3.05, 3.63) is 0 Å². The first-order chi connectivity index (χ1) is 4.87. The zero-order chi connectivity index (χ0) is 9.07. The average Bonchev–Trinajstić information content (AvgIpc) is 1.82. The third-order valence-corrected chi connectivity index (χ3v) is 1.12. The van der Waals surface area contributed by atoms with Crippen molar-refractivity contribution in [3.63, 3.8) is 0 Å². The maximum atomic E-state index is 9.30. The molecule has 0 aromatic carbocycles. The van der Waals surface area contributed by atoms with E-state index < -0.39 is 5.60 Å². The molecule has 0 aliphatic heterocycles. The van der Waals surface area contributed by atoms with E-state index in [1.807, 2.05) is 0 Å². The van der Waals surface area contributed by atoms with Crippen LogP contribution in [0.25, 0.3) is 0 Å². The van der Waals surface area contributed by atoms with Gasteiger partial charge in [-0.1, -0.05) is 5.16 Å². The highest BCUT2D eigenvalue weighted by molar-refractivity contribution is 5.77. The first-order valence-corrected chi connectivity index (χ1v) is 3.28. The second kappa shape index (κ2) is 3.43. The minimum absolute atomic E-state index is 0.00729. The summed E-state index contributed by atoms with van der Waals surface area (Å²) in [6.07, 6.45) is 0. The van der Waals surface area contributed by atoms with Crippen LogP contribution in [0.3, 0.4) is 0 Å². The molecule has 5 nitrogen and oxygen atoms in total. The van der Waals surface area contributed by atoms with Crippen molar-refractivity contribution in [2.24, 2.45) is 10.9 Å². The molecule has 0 saturated carbocycles. The molecule has 4 N–H and O–H groups in total. The Morgan fingerprint density at radius 3 is 2.36 bits per heavy atom. The lowest BCUT2D eigenvalue weighted by Crippen LogP contribution is -2.43. The van der Waals surface area contributed by atoms with Gasteiger partial charge in [-0.3, -0.25) is 0 Å². The van der Waals surface area contributed by atoms with Gasteiger partial charge < -0.3 is 20.9 Å². The van der Waals surface area contributed by atoms with Crippen molar-refractivity contribution in [1.82, 2.24) is 4.90 Å². The largest absolute Gasteiger partial charge is 0.408 e. The van der Waals surface area contributed by atoms with Crippen LogP contribution < -0.4 is 5.73 Å². The van der Waals surface area contributed by atoms with Crippen molar-refractivity contribution >= 4 is 5.96 Å². The number of hydrogen-bond donors (Lipinski definition) is 3. The predicted octanol–water partition coefficient (Wildman–Crippen LogP) is -0.607. The molecule has 0 rings (SSSR count). The van der Waals surface area contributed by atoms with Gasteiger partial charge in [0.2, 0.25) is 5.96 Å². The lowest BCUT2D eigenvalue weighted by molar-refractivity contribution is 0.0604. The van der Waals surface area contributed by atoms with Gasteiger partial charge in [0.05, 0.1) is 5.60 Å². The fourth-order valence-corrected chi connectivity index (χ4v) is 0.738. The van der Waals surface area contributed by atoms with Gasteiger partial charge in [0.1, 0.15) is 0 Å². The van der Waals surface area contributed by atoms with Gasteiger partial charge in [0, 0.05) is 13.6 Å². The molecular weight excluding hydrogens is 146 g/mol. The Hall–Kier alpha value is -0.970. The minimum atomic E-state index is -0.843. The van der Waals surface area contributed by atoms with E-state index in [4.69, 9.17) is 10.9 Å². The maximum absolute atomic E-state index is 9.30. The van der Waals surface area contributed by atoms with E-state index in [2.05, 4.69) is 5.16 Å². The number of aliphatic hydroxyl groups is 1. The lowest BCUT2D eigenvalue weighted by Gasteiger charge is -2.25. The summed E-state index contributed by atoms with van der Waals surface area (Å²) < 4.78 is 0. The Balaban J connectivity index is 3.98. The number of guanidine groups is 1. The maximum Gasteiger partial charge on any atom is 0.233 e. The highest BCUT2D eigenvalue weighted by atomic mass is 16.4. The predicted molar refractivity (Wildman–Crippen MR) is 42.3 cm³/mol. The van der Waals surface area contributed by atoms with Gasteiger partial charge in [0.15, 0.2) is 0 Å². The molecule has 0 unspecified atom stereocenters. The first-order valence-electron chi connectivity index (χ1n) is 3.28. The molecule has 0 bridgehead atoms. The molecular formula is C6H15N3O2. The van der Waals surface area contributed by atoms with Crippen LogP contribution in [-0.4, -0.2) is 40.4 Å². The summed E-state index contributed by atoms with van der Waals surface area (Å²) in [5, 5.41) is 20.3. The molecule has 0 fully saturated rings. The lowest BCUT2D eigenvalue weighted by atomic mass is 10.1. The summed E-state index contributed by atoms with van der Waals surface area (Å²) in [7, 11) is 1.63. The van der Waals surface area contributed by atoms with Crippen molar-refractivity contribution in [3.8, 4) is 0 Å². The molecule has 11 heavy (non-hydrogen) atoms. The van der Waals surface area contributed by atoms with Crippen molar-refractivity contribution in [1.29, 1.82) is 0 Å². The van der Waals surface area contributed by atoms with Crippen LogP contribution in [0, 0.1) is 0 Å². The van der Waals surface area contributed by atoms with Gasteiger partial charge >= 0.3 is 0 Å². The van der Waals surface area contributed by atoms with E-state index >= 15 is 0 Å². The molecule has 0 spiro atoms. The topological polar surface area (TPSA) is 82.1 Å². The molecule has 0 aromatic rings. The molecule has 0 aromatic heterocycles. The van der Waals surface area contributed by atoms with Crippen LogP contribution in [0.5, 0.6) is 0 Å². The average molecular weight is 161 g/mol. The van der Waals surface area contributed by atoms with E-state index in [9.17, 15) is 5.11 Å². The van der Waals surface area contributed by atoms with Crippen LogP contribution in [0.4, 0.5) is 0 Å². The van der Waals surface area contributed by atoms with E-state index in [1.54, 1.807) is 20.9 Å². The number of hydrogen-bond acceptors (Lipinski definition) is 3. The van der Waals surface area contributed by atoms with Crippen LogP contribution in [-0.2, 0) is 0 Å². The standard InChI is InChI=1S/C6H15N3O2/c1-6(2,10)4-9(3)5(7)8-11/h10-11H,4H2,1-3H3,(H2,7,8). The summed E-state index contributed by atoms with van der Waals surface area (Å²) in [4.78, 5) is 1.46. The smallest absolute Gasteiger partial charge is 0.233 e. The summed E-state index contributed by atoms with van der Waals surface area (Å²) in [6, 6.07) is 0. The molecule has 0 aliphatic carbocycles. The number of likely N-dealkylation sites (N-methyl/N-ethyl adjacent to an activating group) is 1. The third-order valence-electron chi connectivity index (χ3n) is 1.12. The number of rotatable bonds is 2. The summed E-state index contributed by atoms with van der Waals surface area (Å²) in [6.45, 7) is 3.62. The molecule has 0 heterocycles. The summed E-state index contributed by atoms with van der Waals surface area (Å²) in [5.74, 6) is -0.00729. The molecule has 66 valence electrons. The van der Waals surface area contributed by atoms with Crippen LogP contribution in [0.2, 0.25) is 0 Å². The fraction of sp³-hybridized carbons (Fsp3) is 0.833. The zero-order valence-corrected chi connectivity index (χ0v) is 7.07. The monoisotopic (exact) mass is 161 g/mol. The SMILES string of the molecule is CN(CC(C)(C)O)C(N)=NO. The fourth-order valence-electron chi connectivity index (χ4n) is 0.738. The van der Waals surface area contributed by atoms with E-state index in [0.717, 1.165) is 0 Å². The normalized spacial score (nSPS) is 13.3. The highest BCUT2D eigenvalue weighted by Gasteiger charge is 2.16. The molecule has 0 radical (unpaired) electrons. The molecule has 0 amide bonds. The van der Waals surface area contributed by atoms with Gasteiger partial charge in [-0.2, -0.15) is 0 Å². The zero-order valence-electron chi connectivity index (χ0n) is 7.07. The summed E-state index contributed by atoms with van der Waals surface area (Å²) >= 11 is 0. The Morgan fingerprint density at radius 2 is 2.09 bits per heavy atom. The summed E-state index contributed by atoms with van der Waals surface area (Å²) in [5.41, 5.74) is 4.40. The highest BCUT2D eigenvalue weighted by Crippen LogP contribution is 2.01. The Labute approximate surface area is 66.1 Å². The van der Waals surface area contributed by atoms with Crippen molar-refractivity contribution < 1.29 is 10.3 Å². The molecule has 0 saturated heterocycles. The molecule has 0 aliphatic rings. The van der Waals surface area contributed by atoms with Crippen LogP contribution >= 0.6 is 0 Å². The minimum Gasteiger partial charge on any atom is -0.408 e. The number of oxime groups is 1. The van der Waals surface area contributed by atoms with Gasteiger partial charge in [-0.25, -0.2) is 0 Å². The van der Waals surface area contributed by atoms with Crippen LogP contribution in [0.15, 0.2) is 5.16 Å². The van der Waals surface area contributed by atoms with Gasteiger partial charge in [0.25, 0.3) is 0 Å². The second-order valence-electron chi connectivity index (χ2n) is 3.13. The van der Waals surface area contributed by atoms with E-state index in [0.29, 0.717) is 6.54 Å². The van der Waals surface area contributed by atoms with Crippen molar-refractivity contribution in [2.75, 3.05) is 13.6 Å². The van der Waals surface area contributed by atoms with E-state index in [-0.39, 0.29) is 5.96 Å². The first kappa shape index (κ1) is 10.0. The third kappa shape index (κ3) is 4.44. The number of nitrogens with two attached hydrogens (primary N) is 1. The van der Waals surface area contributed by atoms with Gasteiger partial charge in [-0.05, 0) is 13.8 Å². The van der Waals surface area contributed by atoms with Crippen LogP contribution in [0.1, 0.15) is 13.8 Å². The number of nitrogens with zero attached hydrogens (tertiary/aromatic N) is 2. The van der Waals surface area contributed by atoms with Crippen molar-refractivity contribution in [2.45, 2.75) is 19.4 Å². The van der Waals surface area contributed by atoms with Gasteiger partial charge in [-0.15, -0.1) is 0 Å². The Bertz CT molecular complexity index is 150.